The lowest BCUT2D eigenvalue weighted by molar-refractivity contribution is 1.20. The molecule has 0 bridgehead atoms. The van der Waals surface area contributed by atoms with Crippen molar-refractivity contribution in [3.63, 3.8) is 0 Å². The van der Waals surface area contributed by atoms with Crippen LogP contribution in [0.4, 0.5) is 17.1 Å². The zero-order chi connectivity index (χ0) is 45.0. The third kappa shape index (κ3) is 6.57. The monoisotopic (exact) mass is 864 g/mol. The number of anilines is 3. The van der Waals surface area contributed by atoms with Gasteiger partial charge in [0.05, 0.1) is 22.4 Å². The molecule has 0 aliphatic heterocycles. The Morgan fingerprint density at radius 2 is 0.721 bits per heavy atom. The molecular weight excluding hydrogens is 821 g/mol. The maximum atomic E-state index is 2.45. The number of nitrogens with zero attached hydrogens (tertiary/aromatic N) is 2. The van der Waals surface area contributed by atoms with Crippen LogP contribution in [-0.4, -0.2) is 4.57 Å². The topological polar surface area (TPSA) is 8.17 Å². The van der Waals surface area contributed by atoms with Gasteiger partial charge in [-0.15, -0.1) is 0 Å². The SMILES string of the molecule is c1ccc(-c2ccc(N(c3ccc(-c4ccc5c(c4)c(-c4ccccc4)c(-c4ccccc4)c4ccccc45)cc3)c3cccc4c3c3ccccc3n4-c3cccc4ccccc34)cc2)cc1. The predicted molar refractivity (Wildman–Crippen MR) is 290 cm³/mol. The standard InChI is InChI=1S/C66H44N2/c1-4-18-45(19-5-1)46-34-39-52(40-35-46)67(62-32-17-33-63-66(62)58-29-14-15-30-61(58)68(63)60-31-16-25-48-20-10-11-26-54(48)60)53-41-36-47(37-42-53)51-38-43-56-55-27-12-13-28-57(55)64(49-21-6-2-7-22-49)65(59(56)44-51)50-23-8-3-9-24-50/h1-44H. The third-order valence-electron chi connectivity index (χ3n) is 13.8. The van der Waals surface area contributed by atoms with Gasteiger partial charge in [-0.2, -0.15) is 0 Å². The van der Waals surface area contributed by atoms with Crippen molar-refractivity contribution in [1.29, 1.82) is 0 Å². The van der Waals surface area contributed by atoms with E-state index in [1.54, 1.807) is 0 Å². The van der Waals surface area contributed by atoms with Crippen LogP contribution in [0.2, 0.25) is 0 Å². The normalized spacial score (nSPS) is 11.5. The van der Waals surface area contributed by atoms with Crippen molar-refractivity contribution < 1.29 is 0 Å². The van der Waals surface area contributed by atoms with Gasteiger partial charge in [-0.05, 0) is 126 Å². The molecule has 0 saturated carbocycles. The van der Waals surface area contributed by atoms with Crippen LogP contribution in [0.3, 0.4) is 0 Å². The van der Waals surface area contributed by atoms with E-state index >= 15 is 0 Å². The molecule has 0 fully saturated rings. The lowest BCUT2D eigenvalue weighted by Crippen LogP contribution is -2.10. The number of fused-ring (bicyclic) bond motifs is 7. The van der Waals surface area contributed by atoms with Gasteiger partial charge in [0, 0.05) is 27.5 Å². The fourth-order valence-corrected chi connectivity index (χ4v) is 10.7. The molecule has 0 spiro atoms. The van der Waals surface area contributed by atoms with E-state index in [1.165, 1.54) is 93.2 Å². The van der Waals surface area contributed by atoms with E-state index in [4.69, 9.17) is 0 Å². The lowest BCUT2D eigenvalue weighted by atomic mass is 9.84. The summed E-state index contributed by atoms with van der Waals surface area (Å²) in [5, 5.41) is 9.87. The molecule has 0 N–H and O–H groups in total. The highest BCUT2D eigenvalue weighted by atomic mass is 15.1. The maximum absolute atomic E-state index is 2.45. The van der Waals surface area contributed by atoms with Crippen LogP contribution in [0.15, 0.2) is 267 Å². The highest BCUT2D eigenvalue weighted by Gasteiger charge is 2.23. The summed E-state index contributed by atoms with van der Waals surface area (Å²) in [6.45, 7) is 0. The average molecular weight is 865 g/mol. The first-order valence-electron chi connectivity index (χ1n) is 23.4. The van der Waals surface area contributed by atoms with Gasteiger partial charge in [-0.3, -0.25) is 0 Å². The fourth-order valence-electron chi connectivity index (χ4n) is 10.7. The van der Waals surface area contributed by atoms with E-state index in [-0.39, 0.29) is 0 Å². The van der Waals surface area contributed by atoms with Crippen molar-refractivity contribution in [2.24, 2.45) is 0 Å². The Kier molecular flexibility index (Phi) is 9.54. The number of hydrogen-bond donors (Lipinski definition) is 0. The van der Waals surface area contributed by atoms with Gasteiger partial charge in [0.25, 0.3) is 0 Å². The van der Waals surface area contributed by atoms with Crippen LogP contribution in [0, 0.1) is 0 Å². The summed E-state index contributed by atoms with van der Waals surface area (Å²) < 4.78 is 2.45. The summed E-state index contributed by atoms with van der Waals surface area (Å²) in [7, 11) is 0. The van der Waals surface area contributed by atoms with Crippen molar-refractivity contribution in [2.45, 2.75) is 0 Å². The minimum absolute atomic E-state index is 1.08. The van der Waals surface area contributed by atoms with Crippen molar-refractivity contribution in [1.82, 2.24) is 4.57 Å². The second-order valence-corrected chi connectivity index (χ2v) is 17.6. The van der Waals surface area contributed by atoms with E-state index in [0.29, 0.717) is 0 Å². The third-order valence-corrected chi connectivity index (χ3v) is 13.8. The van der Waals surface area contributed by atoms with Crippen molar-refractivity contribution >= 4 is 71.2 Å². The number of aromatic nitrogens is 1. The van der Waals surface area contributed by atoms with E-state index in [0.717, 1.165) is 28.1 Å². The number of rotatable bonds is 8. The maximum Gasteiger partial charge on any atom is 0.0562 e. The van der Waals surface area contributed by atoms with Gasteiger partial charge in [0.2, 0.25) is 0 Å². The molecule has 13 rings (SSSR count). The number of benzene rings is 12. The first-order valence-corrected chi connectivity index (χ1v) is 23.4. The summed E-state index contributed by atoms with van der Waals surface area (Å²) >= 11 is 0. The predicted octanol–water partition coefficient (Wildman–Crippen LogP) is 18.4. The van der Waals surface area contributed by atoms with E-state index in [9.17, 15) is 0 Å². The first-order chi connectivity index (χ1) is 33.8. The van der Waals surface area contributed by atoms with E-state index in [1.807, 2.05) is 0 Å². The largest absolute Gasteiger partial charge is 0.310 e. The van der Waals surface area contributed by atoms with Gasteiger partial charge in [-0.1, -0.05) is 212 Å². The smallest absolute Gasteiger partial charge is 0.0562 e. The van der Waals surface area contributed by atoms with Crippen LogP contribution in [0.1, 0.15) is 0 Å². The molecule has 1 aromatic heterocycles. The van der Waals surface area contributed by atoms with Crippen LogP contribution in [0.25, 0.3) is 104 Å². The molecule has 12 aromatic carbocycles. The molecule has 1 heterocycles. The van der Waals surface area contributed by atoms with Crippen LogP contribution in [0.5, 0.6) is 0 Å². The Bertz CT molecular complexity index is 3980. The van der Waals surface area contributed by atoms with Crippen molar-refractivity contribution in [2.75, 3.05) is 4.90 Å². The molecule has 0 unspecified atom stereocenters. The molecule has 0 amide bonds. The molecule has 318 valence electrons. The van der Waals surface area contributed by atoms with E-state index in [2.05, 4.69) is 276 Å². The molecule has 0 radical (unpaired) electrons. The van der Waals surface area contributed by atoms with Gasteiger partial charge in [0.15, 0.2) is 0 Å². The van der Waals surface area contributed by atoms with E-state index < -0.39 is 0 Å². The molecular formula is C66H44N2. The quantitative estimate of drug-likeness (QED) is 0.138. The van der Waals surface area contributed by atoms with Crippen LogP contribution < -0.4 is 4.90 Å². The summed E-state index contributed by atoms with van der Waals surface area (Å²) in [6.07, 6.45) is 0. The Balaban J connectivity index is 1.00. The van der Waals surface area contributed by atoms with Crippen molar-refractivity contribution in [3.05, 3.63) is 267 Å². The minimum Gasteiger partial charge on any atom is -0.310 e. The number of para-hydroxylation sites is 1. The second kappa shape index (κ2) is 16.5. The zero-order valence-corrected chi connectivity index (χ0v) is 37.3. The highest BCUT2D eigenvalue weighted by molar-refractivity contribution is 6.22. The molecule has 68 heavy (non-hydrogen) atoms. The molecule has 0 atom stereocenters. The Morgan fingerprint density at radius 3 is 1.40 bits per heavy atom. The highest BCUT2D eigenvalue weighted by Crippen LogP contribution is 2.47. The summed E-state index contributed by atoms with van der Waals surface area (Å²) in [6, 6.07) is 97.5. The zero-order valence-electron chi connectivity index (χ0n) is 37.3. The summed E-state index contributed by atoms with van der Waals surface area (Å²) in [5.74, 6) is 0. The Hall–Kier alpha value is -8.98. The molecule has 0 aliphatic carbocycles. The molecule has 13 aromatic rings. The minimum atomic E-state index is 1.08. The molecule has 0 saturated heterocycles. The van der Waals surface area contributed by atoms with Gasteiger partial charge < -0.3 is 9.47 Å². The molecule has 2 heteroatoms. The average Bonchev–Trinajstić information content (AvgIpc) is 3.76. The van der Waals surface area contributed by atoms with Crippen LogP contribution in [-0.2, 0) is 0 Å². The summed E-state index contributed by atoms with van der Waals surface area (Å²) in [4.78, 5) is 2.44. The fraction of sp³-hybridized carbons (Fsp3) is 0. The molecule has 0 aliphatic rings. The van der Waals surface area contributed by atoms with Gasteiger partial charge in [-0.25, -0.2) is 0 Å². The molecule has 2 nitrogen and oxygen atoms in total. The van der Waals surface area contributed by atoms with Crippen molar-refractivity contribution in [3.8, 4) is 50.2 Å². The first kappa shape index (κ1) is 39.4. The van der Waals surface area contributed by atoms with Gasteiger partial charge in [0.1, 0.15) is 0 Å². The summed E-state index contributed by atoms with van der Waals surface area (Å²) in [5.41, 5.74) is 16.5. The van der Waals surface area contributed by atoms with Gasteiger partial charge >= 0.3 is 0 Å². The second-order valence-electron chi connectivity index (χ2n) is 17.6. The number of hydrogen-bond acceptors (Lipinski definition) is 1. The Labute approximate surface area is 395 Å². The Morgan fingerprint density at radius 1 is 0.265 bits per heavy atom. The van der Waals surface area contributed by atoms with Crippen LogP contribution >= 0.6 is 0 Å². The lowest BCUT2D eigenvalue weighted by Gasteiger charge is -2.27.